The number of nitrogens with zero attached hydrogens (tertiary/aromatic N) is 3. The summed E-state index contributed by atoms with van der Waals surface area (Å²) in [6.07, 6.45) is 0.893. The topological polar surface area (TPSA) is 91.8 Å². The van der Waals surface area contributed by atoms with Gasteiger partial charge in [0.1, 0.15) is 0 Å². The van der Waals surface area contributed by atoms with Crippen LogP contribution in [-0.2, 0) is 52.4 Å². The molecule has 1 saturated carbocycles. The van der Waals surface area contributed by atoms with Gasteiger partial charge in [-0.2, -0.15) is 13.2 Å². The van der Waals surface area contributed by atoms with Gasteiger partial charge in [-0.15, -0.1) is 0 Å². The van der Waals surface area contributed by atoms with Gasteiger partial charge in [0, 0.05) is 83.4 Å². The van der Waals surface area contributed by atoms with E-state index in [-0.39, 0.29) is 36.6 Å². The second-order valence-corrected chi connectivity index (χ2v) is 11.6. The molecule has 2 fully saturated rings. The third-order valence-electron chi connectivity index (χ3n) is 8.78. The number of aromatic nitrogens is 1. The maximum atomic E-state index is 13.6. The number of fused-ring (bicyclic) bond motifs is 1. The third-order valence-corrected chi connectivity index (χ3v) is 8.78. The summed E-state index contributed by atoms with van der Waals surface area (Å²) in [5, 5.41) is 0. The quantitative estimate of drug-likeness (QED) is 0.240. The van der Waals surface area contributed by atoms with Crippen LogP contribution in [0.2, 0.25) is 0 Å². The van der Waals surface area contributed by atoms with Crippen LogP contribution in [0.25, 0.3) is 0 Å². The summed E-state index contributed by atoms with van der Waals surface area (Å²) in [5.74, 6) is -0.131. The largest absolute Gasteiger partial charge is 0.417 e. The molecule has 44 heavy (non-hydrogen) atoms. The van der Waals surface area contributed by atoms with Gasteiger partial charge in [0.15, 0.2) is 0 Å². The van der Waals surface area contributed by atoms with Crippen LogP contribution in [0.1, 0.15) is 48.9 Å². The SMILES string of the molecule is COCCOCCOCCOCCCN(C1CC[C@H](C(=O)N2CCc3ncc(C(F)(F)F)cc3C2)C1)C1CCOCC1OC. The monoisotopic (exact) mass is 631 g/mol. The molecule has 3 aliphatic rings. The summed E-state index contributed by atoms with van der Waals surface area (Å²) in [7, 11) is 3.35. The van der Waals surface area contributed by atoms with Crippen LogP contribution >= 0.6 is 0 Å². The number of amides is 1. The van der Waals surface area contributed by atoms with E-state index in [9.17, 15) is 18.0 Å². The maximum absolute atomic E-state index is 13.6. The van der Waals surface area contributed by atoms with Crippen LogP contribution in [0.4, 0.5) is 13.2 Å². The molecule has 1 aliphatic carbocycles. The van der Waals surface area contributed by atoms with Gasteiger partial charge in [0.2, 0.25) is 5.91 Å². The van der Waals surface area contributed by atoms with Gasteiger partial charge in [0.05, 0.1) is 57.9 Å². The Bertz CT molecular complexity index is 1020. The Morgan fingerprint density at radius 1 is 1.05 bits per heavy atom. The normalized spacial score (nSPS) is 24.2. The standard InChI is InChI=1S/C31H48F3N3O7/c1-39-12-13-42-16-17-43-15-14-41-10-3-8-37(28-7-11-44-22-29(28)40-2)26-5-4-23(19-26)30(38)36-9-6-27-24(21-36)18-25(20-35-27)31(32,33)34/h18,20,23,26,28-29H,3-17,19,21-22H2,1-2H3/t23-,26?,28?,29?/m0/s1. The molecule has 1 amide bonds. The van der Waals surface area contributed by atoms with E-state index >= 15 is 0 Å². The minimum Gasteiger partial charge on any atom is -0.382 e. The molecule has 0 spiro atoms. The van der Waals surface area contributed by atoms with Gasteiger partial charge in [-0.25, -0.2) is 0 Å². The Morgan fingerprint density at radius 2 is 1.77 bits per heavy atom. The number of halogens is 3. The van der Waals surface area contributed by atoms with E-state index in [4.69, 9.17) is 28.4 Å². The summed E-state index contributed by atoms with van der Waals surface area (Å²) in [6.45, 7) is 6.43. The van der Waals surface area contributed by atoms with Crippen LogP contribution in [-0.4, -0.2) is 126 Å². The average molecular weight is 632 g/mol. The number of ether oxygens (including phenoxy) is 6. The predicted octanol–water partition coefficient (Wildman–Crippen LogP) is 3.35. The highest BCUT2D eigenvalue weighted by molar-refractivity contribution is 5.79. The van der Waals surface area contributed by atoms with Crippen molar-refractivity contribution >= 4 is 5.91 Å². The van der Waals surface area contributed by atoms with Gasteiger partial charge < -0.3 is 33.3 Å². The molecule has 0 N–H and O–H groups in total. The molecule has 4 atom stereocenters. The van der Waals surface area contributed by atoms with Crippen molar-refractivity contribution in [2.24, 2.45) is 5.92 Å². The summed E-state index contributed by atoms with van der Waals surface area (Å²) in [4.78, 5) is 21.9. The van der Waals surface area contributed by atoms with Crippen LogP contribution < -0.4 is 0 Å². The third kappa shape index (κ3) is 10.1. The predicted molar refractivity (Wildman–Crippen MR) is 155 cm³/mol. The van der Waals surface area contributed by atoms with Gasteiger partial charge >= 0.3 is 6.18 Å². The van der Waals surface area contributed by atoms with Crippen LogP contribution in [0.5, 0.6) is 0 Å². The van der Waals surface area contributed by atoms with Gasteiger partial charge in [0.25, 0.3) is 0 Å². The van der Waals surface area contributed by atoms with Crippen molar-refractivity contribution in [1.29, 1.82) is 0 Å². The summed E-state index contributed by atoms with van der Waals surface area (Å²) in [6, 6.07) is 1.54. The lowest BCUT2D eigenvalue weighted by molar-refractivity contribution is -0.138. The van der Waals surface area contributed by atoms with Crippen molar-refractivity contribution in [3.63, 3.8) is 0 Å². The van der Waals surface area contributed by atoms with Crippen LogP contribution in [0, 0.1) is 5.92 Å². The molecule has 13 heteroatoms. The molecule has 3 heterocycles. The summed E-state index contributed by atoms with van der Waals surface area (Å²) in [5.41, 5.74) is 0.357. The molecule has 4 rings (SSSR count). The highest BCUT2D eigenvalue weighted by atomic mass is 19.4. The Balaban J connectivity index is 1.27. The molecule has 10 nitrogen and oxygen atoms in total. The number of carbonyl (C=O) groups excluding carboxylic acids is 1. The highest BCUT2D eigenvalue weighted by Gasteiger charge is 2.41. The molecule has 1 aromatic heterocycles. The summed E-state index contributed by atoms with van der Waals surface area (Å²) >= 11 is 0. The molecular formula is C31H48F3N3O7. The van der Waals surface area contributed by atoms with Crippen molar-refractivity contribution < 1.29 is 46.4 Å². The van der Waals surface area contributed by atoms with E-state index in [0.717, 1.165) is 50.9 Å². The van der Waals surface area contributed by atoms with Crippen LogP contribution in [0.3, 0.4) is 0 Å². The Kier molecular flexibility index (Phi) is 14.1. The highest BCUT2D eigenvalue weighted by Crippen LogP contribution is 2.36. The molecule has 1 saturated heterocycles. The van der Waals surface area contributed by atoms with Crippen molar-refractivity contribution in [3.8, 4) is 0 Å². The number of hydrogen-bond acceptors (Lipinski definition) is 9. The van der Waals surface area contributed by atoms with Crippen molar-refractivity contribution in [2.75, 3.05) is 86.8 Å². The maximum Gasteiger partial charge on any atom is 0.417 e. The van der Waals surface area contributed by atoms with E-state index in [0.29, 0.717) is 83.7 Å². The van der Waals surface area contributed by atoms with Crippen molar-refractivity contribution in [1.82, 2.24) is 14.8 Å². The number of pyridine rings is 1. The van der Waals surface area contributed by atoms with E-state index in [2.05, 4.69) is 9.88 Å². The minimum atomic E-state index is -4.46. The van der Waals surface area contributed by atoms with Crippen molar-refractivity contribution in [3.05, 3.63) is 29.1 Å². The number of alkyl halides is 3. The first-order valence-corrected chi connectivity index (χ1v) is 15.7. The fourth-order valence-electron chi connectivity index (χ4n) is 6.47. The molecule has 2 aliphatic heterocycles. The zero-order valence-electron chi connectivity index (χ0n) is 26.0. The number of rotatable bonds is 17. The second kappa shape index (κ2) is 17.7. The molecule has 3 unspecified atom stereocenters. The molecular weight excluding hydrogens is 583 g/mol. The number of carbonyl (C=O) groups is 1. The van der Waals surface area contributed by atoms with E-state index in [1.807, 2.05) is 0 Å². The van der Waals surface area contributed by atoms with Crippen molar-refractivity contribution in [2.45, 2.75) is 69.4 Å². The molecule has 250 valence electrons. The molecule has 1 aromatic rings. The van der Waals surface area contributed by atoms with E-state index in [1.165, 1.54) is 0 Å². The summed E-state index contributed by atoms with van der Waals surface area (Å²) < 4.78 is 73.0. The lowest BCUT2D eigenvalue weighted by Gasteiger charge is -2.42. The van der Waals surface area contributed by atoms with E-state index in [1.54, 1.807) is 19.1 Å². The zero-order chi connectivity index (χ0) is 31.4. The average Bonchev–Trinajstić information content (AvgIpc) is 3.52. The smallest absolute Gasteiger partial charge is 0.382 e. The fourth-order valence-corrected chi connectivity index (χ4v) is 6.47. The second-order valence-electron chi connectivity index (χ2n) is 11.6. The minimum absolute atomic E-state index is 0.0261. The number of methoxy groups -OCH3 is 2. The van der Waals surface area contributed by atoms with Gasteiger partial charge in [-0.1, -0.05) is 0 Å². The first kappa shape index (κ1) is 35.0. The lowest BCUT2D eigenvalue weighted by atomic mass is 9.98. The fraction of sp³-hybridized carbons (Fsp3) is 0.806. The molecule has 0 radical (unpaired) electrons. The Labute approximate surface area is 258 Å². The van der Waals surface area contributed by atoms with Gasteiger partial charge in [-0.3, -0.25) is 14.7 Å². The zero-order valence-corrected chi connectivity index (χ0v) is 26.0. The number of hydrogen-bond donors (Lipinski definition) is 0. The molecule has 0 aromatic carbocycles. The Morgan fingerprint density at radius 3 is 2.48 bits per heavy atom. The van der Waals surface area contributed by atoms with Gasteiger partial charge in [-0.05, 0) is 43.7 Å². The van der Waals surface area contributed by atoms with Crippen LogP contribution in [0.15, 0.2) is 12.3 Å². The lowest BCUT2D eigenvalue weighted by Crippen LogP contribution is -2.53. The molecule has 0 bridgehead atoms. The first-order chi connectivity index (χ1) is 21.3. The first-order valence-electron chi connectivity index (χ1n) is 15.7. The van der Waals surface area contributed by atoms with E-state index < -0.39 is 11.7 Å². The Hall–Kier alpha value is -1.87.